The van der Waals surface area contributed by atoms with Gasteiger partial charge in [0.25, 0.3) is 0 Å². The summed E-state index contributed by atoms with van der Waals surface area (Å²) in [7, 11) is 1.71. The molecule has 1 aliphatic rings. The lowest BCUT2D eigenvalue weighted by Gasteiger charge is -2.26. The number of nitrogens with one attached hydrogen (secondary N) is 2. The lowest BCUT2D eigenvalue weighted by atomic mass is 10.0. The van der Waals surface area contributed by atoms with Crippen molar-refractivity contribution in [3.63, 3.8) is 0 Å². The van der Waals surface area contributed by atoms with Crippen LogP contribution >= 0.6 is 0 Å². The molecule has 0 bridgehead atoms. The van der Waals surface area contributed by atoms with Gasteiger partial charge in [0.15, 0.2) is 0 Å². The molecule has 0 amide bonds. The van der Waals surface area contributed by atoms with E-state index in [0.717, 1.165) is 31.1 Å². The van der Waals surface area contributed by atoms with Gasteiger partial charge in [-0.2, -0.15) is 0 Å². The van der Waals surface area contributed by atoms with Crippen LogP contribution in [0.4, 0.5) is 11.6 Å². The Kier molecular flexibility index (Phi) is 4.52. The normalized spacial score (nSPS) is 22.5. The number of ether oxygens (including phenoxy) is 2. The summed E-state index contributed by atoms with van der Waals surface area (Å²) in [6, 6.07) is 1.78. The van der Waals surface area contributed by atoms with Gasteiger partial charge in [-0.25, -0.2) is 15.8 Å². The summed E-state index contributed by atoms with van der Waals surface area (Å²) >= 11 is 0. The summed E-state index contributed by atoms with van der Waals surface area (Å²) in [6.45, 7) is 3.98. The van der Waals surface area contributed by atoms with Crippen molar-refractivity contribution in [2.45, 2.75) is 25.4 Å². The van der Waals surface area contributed by atoms with E-state index in [1.54, 1.807) is 13.2 Å². The summed E-state index contributed by atoms with van der Waals surface area (Å²) in [4.78, 5) is 8.66. The van der Waals surface area contributed by atoms with Crippen LogP contribution in [0.15, 0.2) is 6.07 Å². The number of nitrogen functional groups attached to an aromatic ring is 1. The van der Waals surface area contributed by atoms with Crippen LogP contribution in [0, 0.1) is 0 Å². The second kappa shape index (κ2) is 6.14. The van der Waals surface area contributed by atoms with E-state index in [0.29, 0.717) is 19.0 Å². The Labute approximate surface area is 112 Å². The third-order valence-electron chi connectivity index (χ3n) is 3.33. The van der Waals surface area contributed by atoms with Gasteiger partial charge >= 0.3 is 0 Å². The van der Waals surface area contributed by atoms with Crippen LogP contribution in [0.1, 0.15) is 19.2 Å². The molecular formula is C12H21N5O2. The number of aromatic nitrogens is 2. The number of hydrogen-bond donors (Lipinski definition) is 3. The van der Waals surface area contributed by atoms with Gasteiger partial charge in [-0.3, -0.25) is 0 Å². The van der Waals surface area contributed by atoms with Gasteiger partial charge < -0.3 is 20.2 Å². The molecule has 1 saturated heterocycles. The number of hydrazine groups is 1. The van der Waals surface area contributed by atoms with Gasteiger partial charge in [0.2, 0.25) is 0 Å². The third-order valence-corrected chi connectivity index (χ3v) is 3.33. The van der Waals surface area contributed by atoms with Gasteiger partial charge in [0, 0.05) is 39.2 Å². The average Bonchev–Trinajstić information content (AvgIpc) is 2.94. The molecule has 2 rings (SSSR count). The van der Waals surface area contributed by atoms with Crippen LogP contribution in [-0.4, -0.2) is 42.4 Å². The van der Waals surface area contributed by atoms with Crippen LogP contribution < -0.4 is 16.6 Å². The number of nitrogens with two attached hydrogens (primary N) is 1. The molecule has 2 heterocycles. The highest BCUT2D eigenvalue weighted by Gasteiger charge is 2.34. The summed E-state index contributed by atoms with van der Waals surface area (Å²) < 4.78 is 11.0. The molecule has 106 valence electrons. The highest BCUT2D eigenvalue weighted by molar-refractivity contribution is 5.47. The fraction of sp³-hybridized carbons (Fsp3) is 0.667. The predicted octanol–water partition coefficient (Wildman–Crippen LogP) is 0.542. The Bertz CT molecular complexity index is 398. The van der Waals surface area contributed by atoms with Crippen molar-refractivity contribution in [1.29, 1.82) is 0 Å². The summed E-state index contributed by atoms with van der Waals surface area (Å²) in [5, 5.41) is 3.28. The van der Waals surface area contributed by atoms with Crippen LogP contribution in [-0.2, 0) is 15.9 Å². The smallest absolute Gasteiger partial charge is 0.145 e. The van der Waals surface area contributed by atoms with E-state index in [1.165, 1.54) is 0 Å². The number of methoxy groups -OCH3 is 1. The molecule has 1 fully saturated rings. The Hall–Kier alpha value is -1.44. The van der Waals surface area contributed by atoms with Gasteiger partial charge in [-0.1, -0.05) is 6.92 Å². The predicted molar refractivity (Wildman–Crippen MR) is 72.9 cm³/mol. The lowest BCUT2D eigenvalue weighted by molar-refractivity contribution is -0.00625. The van der Waals surface area contributed by atoms with Crippen molar-refractivity contribution in [3.05, 3.63) is 11.9 Å². The van der Waals surface area contributed by atoms with Crippen molar-refractivity contribution in [2.75, 3.05) is 37.6 Å². The van der Waals surface area contributed by atoms with Gasteiger partial charge in [0.1, 0.15) is 23.1 Å². The van der Waals surface area contributed by atoms with E-state index in [-0.39, 0.29) is 5.60 Å². The molecule has 1 unspecified atom stereocenters. The highest BCUT2D eigenvalue weighted by atomic mass is 16.5. The fourth-order valence-corrected chi connectivity index (χ4v) is 2.03. The maximum absolute atomic E-state index is 5.56. The first kappa shape index (κ1) is 14.0. The van der Waals surface area contributed by atoms with Gasteiger partial charge in [-0.05, 0) is 0 Å². The minimum Gasteiger partial charge on any atom is -0.378 e. The minimum atomic E-state index is -0.270. The molecule has 1 aromatic rings. The maximum atomic E-state index is 5.56. The molecule has 0 radical (unpaired) electrons. The SMILES string of the molecule is CCc1nc(NN)cc(NCC2(OC)CCOC2)n1. The molecular weight excluding hydrogens is 246 g/mol. The Morgan fingerprint density at radius 1 is 1.47 bits per heavy atom. The van der Waals surface area contributed by atoms with Crippen LogP contribution in [0.5, 0.6) is 0 Å². The molecule has 1 atom stereocenters. The van der Waals surface area contributed by atoms with Crippen molar-refractivity contribution >= 4 is 11.6 Å². The van der Waals surface area contributed by atoms with Crippen molar-refractivity contribution in [1.82, 2.24) is 9.97 Å². The number of rotatable bonds is 6. The quantitative estimate of drug-likeness (QED) is 0.511. The summed E-state index contributed by atoms with van der Waals surface area (Å²) in [5.74, 6) is 7.48. The Balaban J connectivity index is 2.06. The van der Waals surface area contributed by atoms with Crippen LogP contribution in [0.2, 0.25) is 0 Å². The molecule has 4 N–H and O–H groups in total. The van der Waals surface area contributed by atoms with E-state index in [2.05, 4.69) is 20.7 Å². The van der Waals surface area contributed by atoms with Crippen molar-refractivity contribution < 1.29 is 9.47 Å². The first-order chi connectivity index (χ1) is 9.21. The zero-order valence-corrected chi connectivity index (χ0v) is 11.4. The van der Waals surface area contributed by atoms with Crippen molar-refractivity contribution in [3.8, 4) is 0 Å². The van der Waals surface area contributed by atoms with E-state index < -0.39 is 0 Å². The summed E-state index contributed by atoms with van der Waals surface area (Å²) in [6.07, 6.45) is 1.63. The zero-order valence-electron chi connectivity index (χ0n) is 11.4. The standard InChI is InChI=1S/C12H21N5O2/c1-3-9-15-10(6-11(16-9)17-13)14-7-12(18-2)4-5-19-8-12/h6H,3-5,7-8,13H2,1-2H3,(H2,14,15,16,17). The van der Waals surface area contributed by atoms with Gasteiger partial charge in [-0.15, -0.1) is 0 Å². The Morgan fingerprint density at radius 3 is 2.84 bits per heavy atom. The fourth-order valence-electron chi connectivity index (χ4n) is 2.03. The molecule has 0 aromatic carbocycles. The minimum absolute atomic E-state index is 0.270. The second-order valence-corrected chi connectivity index (χ2v) is 4.60. The molecule has 1 aromatic heterocycles. The van der Waals surface area contributed by atoms with Crippen molar-refractivity contribution in [2.24, 2.45) is 5.84 Å². The van der Waals surface area contributed by atoms with E-state index >= 15 is 0 Å². The van der Waals surface area contributed by atoms with E-state index in [9.17, 15) is 0 Å². The number of aryl methyl sites for hydroxylation is 1. The first-order valence-corrected chi connectivity index (χ1v) is 6.43. The number of hydrogen-bond acceptors (Lipinski definition) is 7. The third kappa shape index (κ3) is 3.31. The summed E-state index contributed by atoms with van der Waals surface area (Å²) in [5.41, 5.74) is 2.28. The topological polar surface area (TPSA) is 94.3 Å². The van der Waals surface area contributed by atoms with Gasteiger partial charge in [0.05, 0.1) is 6.61 Å². The number of anilines is 2. The first-order valence-electron chi connectivity index (χ1n) is 6.43. The average molecular weight is 267 g/mol. The van der Waals surface area contributed by atoms with Crippen LogP contribution in [0.3, 0.4) is 0 Å². The molecule has 7 nitrogen and oxygen atoms in total. The molecule has 0 saturated carbocycles. The highest BCUT2D eigenvalue weighted by Crippen LogP contribution is 2.23. The van der Waals surface area contributed by atoms with Crippen LogP contribution in [0.25, 0.3) is 0 Å². The number of nitrogens with zero attached hydrogens (tertiary/aromatic N) is 2. The lowest BCUT2D eigenvalue weighted by Crippen LogP contribution is -2.39. The largest absolute Gasteiger partial charge is 0.378 e. The molecule has 1 aliphatic heterocycles. The second-order valence-electron chi connectivity index (χ2n) is 4.60. The maximum Gasteiger partial charge on any atom is 0.145 e. The monoisotopic (exact) mass is 267 g/mol. The van der Waals surface area contributed by atoms with E-state index in [4.69, 9.17) is 15.3 Å². The molecule has 0 spiro atoms. The Morgan fingerprint density at radius 2 is 2.26 bits per heavy atom. The van der Waals surface area contributed by atoms with E-state index in [1.807, 2.05) is 6.92 Å². The molecule has 19 heavy (non-hydrogen) atoms. The molecule has 0 aliphatic carbocycles. The zero-order chi connectivity index (χ0) is 13.7. The molecule has 7 heteroatoms.